The second-order valence-corrected chi connectivity index (χ2v) is 5.37. The van der Waals surface area contributed by atoms with Crippen molar-refractivity contribution in [3.8, 4) is 11.6 Å². The van der Waals surface area contributed by atoms with Crippen molar-refractivity contribution in [2.75, 3.05) is 6.54 Å². The molecule has 0 saturated carbocycles. The summed E-state index contributed by atoms with van der Waals surface area (Å²) in [4.78, 5) is 8.41. The van der Waals surface area contributed by atoms with Gasteiger partial charge in [0.1, 0.15) is 5.75 Å². The van der Waals surface area contributed by atoms with Gasteiger partial charge >= 0.3 is 0 Å². The van der Waals surface area contributed by atoms with Gasteiger partial charge in [0.05, 0.1) is 16.9 Å². The molecule has 0 atom stereocenters. The summed E-state index contributed by atoms with van der Waals surface area (Å²) < 4.78 is 5.64. The number of pyridine rings is 2. The smallest absolute Gasteiger partial charge is 0.219 e. The molecule has 0 spiro atoms. The maximum absolute atomic E-state index is 5.87. The number of ether oxygens (including phenoxy) is 1. The number of hydrogen-bond acceptors (Lipinski definition) is 4. The molecule has 2 aromatic heterocycles. The Balaban J connectivity index is 1.99. The van der Waals surface area contributed by atoms with E-state index < -0.39 is 0 Å². The van der Waals surface area contributed by atoms with Gasteiger partial charge in [-0.1, -0.05) is 31.5 Å². The lowest BCUT2D eigenvalue weighted by Crippen LogP contribution is -2.19. The molecule has 0 aromatic carbocycles. The van der Waals surface area contributed by atoms with Crippen molar-refractivity contribution in [3.05, 3.63) is 47.4 Å². The van der Waals surface area contributed by atoms with Gasteiger partial charge in [0, 0.05) is 24.9 Å². The zero-order chi connectivity index (χ0) is 14.4. The van der Waals surface area contributed by atoms with Crippen molar-refractivity contribution in [1.29, 1.82) is 0 Å². The minimum Gasteiger partial charge on any atom is -0.437 e. The van der Waals surface area contributed by atoms with Crippen LogP contribution in [0.5, 0.6) is 11.6 Å². The predicted molar refractivity (Wildman–Crippen MR) is 80.1 cm³/mol. The number of halogens is 1. The predicted octanol–water partition coefficient (Wildman–Crippen LogP) is 3.67. The van der Waals surface area contributed by atoms with Gasteiger partial charge in [-0.3, -0.25) is 4.98 Å². The molecule has 20 heavy (non-hydrogen) atoms. The number of nitrogens with one attached hydrogen (secondary N) is 1. The molecule has 0 saturated heterocycles. The summed E-state index contributed by atoms with van der Waals surface area (Å²) in [6.45, 7) is 6.03. The average Bonchev–Trinajstić information content (AvgIpc) is 2.39. The highest BCUT2D eigenvalue weighted by atomic mass is 35.5. The highest BCUT2D eigenvalue weighted by Crippen LogP contribution is 2.21. The molecule has 2 heterocycles. The Morgan fingerprint density at radius 3 is 2.90 bits per heavy atom. The fourth-order valence-electron chi connectivity index (χ4n) is 1.67. The molecule has 0 radical (unpaired) electrons. The van der Waals surface area contributed by atoms with E-state index in [0.717, 1.165) is 18.8 Å². The van der Waals surface area contributed by atoms with Crippen molar-refractivity contribution in [1.82, 2.24) is 15.3 Å². The lowest BCUT2D eigenvalue weighted by Gasteiger charge is -2.09. The average molecular weight is 292 g/mol. The van der Waals surface area contributed by atoms with E-state index in [4.69, 9.17) is 16.3 Å². The van der Waals surface area contributed by atoms with Crippen LogP contribution < -0.4 is 10.1 Å². The Kier molecular flexibility index (Phi) is 5.32. The van der Waals surface area contributed by atoms with Crippen LogP contribution in [0.25, 0.3) is 0 Å². The van der Waals surface area contributed by atoms with Crippen LogP contribution in [-0.4, -0.2) is 16.5 Å². The first-order valence-corrected chi connectivity index (χ1v) is 6.96. The number of hydrogen-bond donors (Lipinski definition) is 1. The molecule has 106 valence electrons. The van der Waals surface area contributed by atoms with Crippen LogP contribution >= 0.6 is 11.6 Å². The molecule has 0 unspecified atom stereocenters. The lowest BCUT2D eigenvalue weighted by atomic mass is 10.2. The molecule has 0 aliphatic rings. The lowest BCUT2D eigenvalue weighted by molar-refractivity contribution is 0.456. The Morgan fingerprint density at radius 1 is 1.30 bits per heavy atom. The minimum atomic E-state index is 0.539. The van der Waals surface area contributed by atoms with E-state index >= 15 is 0 Å². The zero-order valence-corrected chi connectivity index (χ0v) is 12.4. The summed E-state index contributed by atoms with van der Waals surface area (Å²) in [6, 6.07) is 7.41. The monoisotopic (exact) mass is 291 g/mol. The zero-order valence-electron chi connectivity index (χ0n) is 11.6. The van der Waals surface area contributed by atoms with Crippen molar-refractivity contribution >= 4 is 11.6 Å². The summed E-state index contributed by atoms with van der Waals surface area (Å²) in [5.41, 5.74) is 0.943. The number of rotatable bonds is 6. The van der Waals surface area contributed by atoms with Gasteiger partial charge in [-0.2, -0.15) is 0 Å². The fourth-order valence-corrected chi connectivity index (χ4v) is 1.83. The van der Waals surface area contributed by atoms with E-state index in [1.165, 1.54) is 0 Å². The van der Waals surface area contributed by atoms with Gasteiger partial charge in [0.15, 0.2) is 0 Å². The molecule has 2 rings (SSSR count). The van der Waals surface area contributed by atoms with Crippen molar-refractivity contribution in [2.24, 2.45) is 5.92 Å². The van der Waals surface area contributed by atoms with Gasteiger partial charge < -0.3 is 10.1 Å². The van der Waals surface area contributed by atoms with Gasteiger partial charge in [-0.15, -0.1) is 0 Å². The van der Waals surface area contributed by atoms with Crippen molar-refractivity contribution in [2.45, 2.75) is 20.4 Å². The highest BCUT2D eigenvalue weighted by Gasteiger charge is 2.02. The SMILES string of the molecule is CC(C)CNCc1cccc(Oc2cncc(Cl)c2)n1. The van der Waals surface area contributed by atoms with Crippen molar-refractivity contribution < 1.29 is 4.74 Å². The molecule has 4 nitrogen and oxygen atoms in total. The van der Waals surface area contributed by atoms with Gasteiger partial charge in [0.2, 0.25) is 5.88 Å². The standard InChI is InChI=1S/C15H18ClN3O/c1-11(2)7-17-9-13-4-3-5-15(19-13)20-14-6-12(16)8-18-10-14/h3-6,8,10-11,17H,7,9H2,1-2H3. The second-order valence-electron chi connectivity index (χ2n) is 4.93. The number of aromatic nitrogens is 2. The molecule has 0 fully saturated rings. The molecule has 5 heteroatoms. The van der Waals surface area contributed by atoms with Crippen LogP contribution in [0.15, 0.2) is 36.7 Å². The normalized spacial score (nSPS) is 10.8. The Morgan fingerprint density at radius 2 is 2.15 bits per heavy atom. The molecule has 0 aliphatic carbocycles. The molecular formula is C15H18ClN3O. The molecule has 2 aromatic rings. The van der Waals surface area contributed by atoms with Crippen LogP contribution in [0, 0.1) is 5.92 Å². The van der Waals surface area contributed by atoms with E-state index in [2.05, 4.69) is 29.1 Å². The van der Waals surface area contributed by atoms with Crippen LogP contribution in [0.4, 0.5) is 0 Å². The van der Waals surface area contributed by atoms with Gasteiger partial charge in [-0.25, -0.2) is 4.98 Å². The first-order valence-electron chi connectivity index (χ1n) is 6.58. The quantitative estimate of drug-likeness (QED) is 0.882. The van der Waals surface area contributed by atoms with Gasteiger partial charge in [0.25, 0.3) is 0 Å². The van der Waals surface area contributed by atoms with E-state index in [-0.39, 0.29) is 0 Å². The van der Waals surface area contributed by atoms with Crippen LogP contribution in [-0.2, 0) is 6.54 Å². The summed E-state index contributed by atoms with van der Waals surface area (Å²) in [6.07, 6.45) is 3.17. The Hall–Kier alpha value is -1.65. The minimum absolute atomic E-state index is 0.539. The summed E-state index contributed by atoms with van der Waals surface area (Å²) in [5, 5.41) is 3.89. The molecule has 1 N–H and O–H groups in total. The molecule has 0 bridgehead atoms. The third-order valence-electron chi connectivity index (χ3n) is 2.54. The number of nitrogens with zero attached hydrogens (tertiary/aromatic N) is 2. The summed E-state index contributed by atoms with van der Waals surface area (Å²) >= 11 is 5.87. The third-order valence-corrected chi connectivity index (χ3v) is 2.75. The highest BCUT2D eigenvalue weighted by molar-refractivity contribution is 6.30. The second kappa shape index (κ2) is 7.22. The van der Waals surface area contributed by atoms with E-state index in [9.17, 15) is 0 Å². The molecular weight excluding hydrogens is 274 g/mol. The Labute approximate surface area is 124 Å². The van der Waals surface area contributed by atoms with E-state index in [1.807, 2.05) is 18.2 Å². The van der Waals surface area contributed by atoms with Crippen molar-refractivity contribution in [3.63, 3.8) is 0 Å². The summed E-state index contributed by atoms with van der Waals surface area (Å²) in [7, 11) is 0. The van der Waals surface area contributed by atoms with E-state index in [1.54, 1.807) is 18.5 Å². The Bertz CT molecular complexity index is 560. The maximum atomic E-state index is 5.87. The van der Waals surface area contributed by atoms with Crippen LogP contribution in [0.2, 0.25) is 5.02 Å². The molecule has 0 aliphatic heterocycles. The fraction of sp³-hybridized carbons (Fsp3) is 0.333. The van der Waals surface area contributed by atoms with E-state index in [0.29, 0.717) is 22.6 Å². The topological polar surface area (TPSA) is 47.0 Å². The van der Waals surface area contributed by atoms with Gasteiger partial charge in [-0.05, 0) is 18.5 Å². The third kappa shape index (κ3) is 4.79. The first kappa shape index (κ1) is 14.8. The molecule has 0 amide bonds. The first-order chi connectivity index (χ1) is 9.63. The largest absolute Gasteiger partial charge is 0.437 e. The van der Waals surface area contributed by atoms with Crippen LogP contribution in [0.1, 0.15) is 19.5 Å². The van der Waals surface area contributed by atoms with Crippen LogP contribution in [0.3, 0.4) is 0 Å². The maximum Gasteiger partial charge on any atom is 0.219 e. The summed E-state index contributed by atoms with van der Waals surface area (Å²) in [5.74, 6) is 1.74.